The Bertz CT molecular complexity index is 204. The van der Waals surface area contributed by atoms with Gasteiger partial charge in [-0.1, -0.05) is 26.7 Å². The second kappa shape index (κ2) is 8.71. The maximum absolute atomic E-state index is 12.5. The minimum atomic E-state index is 0.0637. The van der Waals surface area contributed by atoms with Crippen LogP contribution in [-0.2, 0) is 0 Å². The second-order valence-corrected chi connectivity index (χ2v) is 4.67. The fourth-order valence-electron chi connectivity index (χ4n) is 1.76. The normalized spacial score (nSPS) is 16.2. The van der Waals surface area contributed by atoms with Crippen LogP contribution >= 0.6 is 0 Å². The zero-order valence-electron chi connectivity index (χ0n) is 11.2. The van der Waals surface area contributed by atoms with E-state index in [1.165, 1.54) is 12.8 Å². The van der Waals surface area contributed by atoms with Crippen LogP contribution in [0.4, 0.5) is 4.39 Å². The molecule has 0 fully saturated rings. The Kier molecular flexibility index (Phi) is 8.49. The summed E-state index contributed by atoms with van der Waals surface area (Å²) in [6.07, 6.45) is 5.01. The van der Waals surface area contributed by atoms with Gasteiger partial charge in [0.25, 0.3) is 0 Å². The van der Waals surface area contributed by atoms with Crippen molar-refractivity contribution in [3.05, 3.63) is 11.9 Å². The van der Waals surface area contributed by atoms with Crippen LogP contribution in [0.1, 0.15) is 46.5 Å². The lowest BCUT2D eigenvalue weighted by atomic mass is 9.94. The van der Waals surface area contributed by atoms with Crippen LogP contribution in [0.25, 0.3) is 0 Å². The molecule has 96 valence electrons. The SMILES string of the molecule is CCCCC(C)(CNC)NC/C(=C\F)CC. The number of hydrogen-bond donors (Lipinski definition) is 2. The summed E-state index contributed by atoms with van der Waals surface area (Å²) in [6, 6.07) is 0. The summed E-state index contributed by atoms with van der Waals surface area (Å²) in [7, 11) is 1.96. The largest absolute Gasteiger partial charge is 0.318 e. The van der Waals surface area contributed by atoms with Crippen LogP contribution < -0.4 is 10.6 Å². The molecule has 0 saturated carbocycles. The Morgan fingerprint density at radius 1 is 1.38 bits per heavy atom. The van der Waals surface area contributed by atoms with E-state index in [0.717, 1.165) is 31.3 Å². The highest BCUT2D eigenvalue weighted by atomic mass is 19.1. The van der Waals surface area contributed by atoms with Gasteiger partial charge in [-0.05, 0) is 32.4 Å². The highest BCUT2D eigenvalue weighted by molar-refractivity contribution is 5.01. The molecule has 0 aromatic heterocycles. The van der Waals surface area contributed by atoms with Crippen molar-refractivity contribution >= 4 is 0 Å². The van der Waals surface area contributed by atoms with E-state index in [-0.39, 0.29) is 5.54 Å². The molecule has 1 atom stereocenters. The Hall–Kier alpha value is -0.410. The van der Waals surface area contributed by atoms with Crippen molar-refractivity contribution in [2.45, 2.75) is 52.0 Å². The predicted molar refractivity (Wildman–Crippen MR) is 69.3 cm³/mol. The van der Waals surface area contributed by atoms with E-state index in [1.54, 1.807) is 0 Å². The summed E-state index contributed by atoms with van der Waals surface area (Å²) in [5, 5.41) is 6.66. The number of unbranched alkanes of at least 4 members (excludes halogenated alkanes) is 1. The van der Waals surface area contributed by atoms with Crippen molar-refractivity contribution in [1.82, 2.24) is 10.6 Å². The smallest absolute Gasteiger partial charge is 0.0871 e. The zero-order valence-corrected chi connectivity index (χ0v) is 11.2. The van der Waals surface area contributed by atoms with Gasteiger partial charge in [0.05, 0.1) is 6.33 Å². The molecule has 0 amide bonds. The maximum atomic E-state index is 12.5. The molecule has 0 aliphatic rings. The molecule has 0 aromatic rings. The summed E-state index contributed by atoms with van der Waals surface area (Å²) in [4.78, 5) is 0. The van der Waals surface area contributed by atoms with E-state index in [9.17, 15) is 4.39 Å². The molecule has 16 heavy (non-hydrogen) atoms. The van der Waals surface area contributed by atoms with E-state index < -0.39 is 0 Å². The molecule has 0 aromatic carbocycles. The summed E-state index contributed by atoms with van der Waals surface area (Å²) in [5.41, 5.74) is 0.896. The topological polar surface area (TPSA) is 24.1 Å². The van der Waals surface area contributed by atoms with E-state index in [1.807, 2.05) is 14.0 Å². The Morgan fingerprint density at radius 3 is 2.50 bits per heavy atom. The number of rotatable bonds is 9. The molecule has 0 aliphatic heterocycles. The van der Waals surface area contributed by atoms with E-state index in [0.29, 0.717) is 6.54 Å². The Labute approximate surface area is 99.7 Å². The lowest BCUT2D eigenvalue weighted by Gasteiger charge is -2.31. The zero-order chi connectivity index (χ0) is 12.4. The van der Waals surface area contributed by atoms with Crippen molar-refractivity contribution in [3.8, 4) is 0 Å². The lowest BCUT2D eigenvalue weighted by molar-refractivity contribution is 0.321. The van der Waals surface area contributed by atoms with Crippen LogP contribution in [0.3, 0.4) is 0 Å². The molecule has 2 N–H and O–H groups in total. The molecule has 0 radical (unpaired) electrons. The first-order chi connectivity index (χ1) is 7.61. The Balaban J connectivity index is 4.20. The Morgan fingerprint density at radius 2 is 2.06 bits per heavy atom. The van der Waals surface area contributed by atoms with E-state index in [4.69, 9.17) is 0 Å². The van der Waals surface area contributed by atoms with Crippen LogP contribution in [0.2, 0.25) is 0 Å². The maximum Gasteiger partial charge on any atom is 0.0871 e. The van der Waals surface area contributed by atoms with Crippen LogP contribution in [0.5, 0.6) is 0 Å². The highest BCUT2D eigenvalue weighted by Crippen LogP contribution is 2.14. The third-order valence-electron chi connectivity index (χ3n) is 3.00. The standard InChI is InChI=1S/C13H27FN2/c1-5-7-8-13(3,11-15-4)16-10-12(6-2)9-14/h9,15-16H,5-8,10-11H2,1-4H3/b12-9-. The first-order valence-electron chi connectivity index (χ1n) is 6.29. The number of nitrogens with one attached hydrogen (secondary N) is 2. The van der Waals surface area contributed by atoms with Crippen molar-refractivity contribution in [3.63, 3.8) is 0 Å². The fraction of sp³-hybridized carbons (Fsp3) is 0.846. The summed E-state index contributed by atoms with van der Waals surface area (Å²) in [6.45, 7) is 7.93. The van der Waals surface area contributed by atoms with Crippen molar-refractivity contribution in [1.29, 1.82) is 0 Å². The van der Waals surface area contributed by atoms with Gasteiger partial charge in [0.1, 0.15) is 0 Å². The number of hydrogen-bond acceptors (Lipinski definition) is 2. The molecular weight excluding hydrogens is 203 g/mol. The number of likely N-dealkylation sites (N-methyl/N-ethyl adjacent to an activating group) is 1. The van der Waals surface area contributed by atoms with Crippen molar-refractivity contribution in [2.24, 2.45) is 0 Å². The first kappa shape index (κ1) is 15.6. The number of halogens is 1. The average Bonchev–Trinajstić information content (AvgIpc) is 2.28. The molecule has 0 saturated heterocycles. The molecule has 1 unspecified atom stereocenters. The van der Waals surface area contributed by atoms with Gasteiger partial charge in [-0.3, -0.25) is 0 Å². The van der Waals surface area contributed by atoms with Gasteiger partial charge in [-0.15, -0.1) is 0 Å². The molecule has 0 rings (SSSR count). The van der Waals surface area contributed by atoms with Gasteiger partial charge in [-0.2, -0.15) is 0 Å². The van der Waals surface area contributed by atoms with Crippen molar-refractivity contribution in [2.75, 3.05) is 20.1 Å². The lowest BCUT2D eigenvalue weighted by Crippen LogP contribution is -2.50. The predicted octanol–water partition coefficient (Wildman–Crippen LogP) is 3.01. The summed E-state index contributed by atoms with van der Waals surface area (Å²) < 4.78 is 12.5. The fourth-order valence-corrected chi connectivity index (χ4v) is 1.76. The van der Waals surface area contributed by atoms with Crippen LogP contribution in [0.15, 0.2) is 11.9 Å². The molecular formula is C13H27FN2. The van der Waals surface area contributed by atoms with Crippen LogP contribution in [0, 0.1) is 0 Å². The molecule has 3 heteroatoms. The molecule has 2 nitrogen and oxygen atoms in total. The van der Waals surface area contributed by atoms with Gasteiger partial charge < -0.3 is 10.6 Å². The van der Waals surface area contributed by atoms with Gasteiger partial charge in [0.15, 0.2) is 0 Å². The third kappa shape index (κ3) is 6.23. The van der Waals surface area contributed by atoms with E-state index in [2.05, 4.69) is 24.5 Å². The minimum Gasteiger partial charge on any atom is -0.318 e. The monoisotopic (exact) mass is 230 g/mol. The first-order valence-corrected chi connectivity index (χ1v) is 6.29. The van der Waals surface area contributed by atoms with Crippen LogP contribution in [-0.4, -0.2) is 25.7 Å². The highest BCUT2D eigenvalue weighted by Gasteiger charge is 2.21. The minimum absolute atomic E-state index is 0.0637. The quantitative estimate of drug-likeness (QED) is 0.636. The van der Waals surface area contributed by atoms with Gasteiger partial charge in [0.2, 0.25) is 0 Å². The van der Waals surface area contributed by atoms with Gasteiger partial charge in [-0.25, -0.2) is 4.39 Å². The summed E-state index contributed by atoms with van der Waals surface area (Å²) in [5.74, 6) is 0. The summed E-state index contributed by atoms with van der Waals surface area (Å²) >= 11 is 0. The molecule has 0 aliphatic carbocycles. The van der Waals surface area contributed by atoms with E-state index >= 15 is 0 Å². The molecule has 0 heterocycles. The molecule has 0 spiro atoms. The third-order valence-corrected chi connectivity index (χ3v) is 3.00. The average molecular weight is 230 g/mol. The molecule has 0 bridgehead atoms. The second-order valence-electron chi connectivity index (χ2n) is 4.67. The van der Waals surface area contributed by atoms with Crippen molar-refractivity contribution < 1.29 is 4.39 Å². The van der Waals surface area contributed by atoms with Gasteiger partial charge in [0, 0.05) is 18.6 Å². The van der Waals surface area contributed by atoms with Gasteiger partial charge >= 0.3 is 0 Å².